The van der Waals surface area contributed by atoms with Crippen molar-refractivity contribution in [3.8, 4) is 17.2 Å². The first-order valence-electron chi connectivity index (χ1n) is 9.31. The van der Waals surface area contributed by atoms with Crippen LogP contribution in [0, 0.1) is 0 Å². The quantitative estimate of drug-likeness (QED) is 0.778. The van der Waals surface area contributed by atoms with Gasteiger partial charge in [0.15, 0.2) is 11.5 Å². The van der Waals surface area contributed by atoms with Gasteiger partial charge < -0.3 is 29.7 Å². The molecule has 0 radical (unpaired) electrons. The fraction of sp³-hybridized carbons (Fsp3) is 0.333. The third-order valence-electron chi connectivity index (χ3n) is 4.82. The van der Waals surface area contributed by atoms with E-state index in [-0.39, 0.29) is 11.9 Å². The molecule has 29 heavy (non-hydrogen) atoms. The van der Waals surface area contributed by atoms with Gasteiger partial charge in [0.25, 0.3) is 0 Å². The number of para-hydroxylation sites is 2. The lowest BCUT2D eigenvalue weighted by molar-refractivity contribution is -0.119. The van der Waals surface area contributed by atoms with E-state index in [0.717, 1.165) is 6.42 Å². The highest BCUT2D eigenvalue weighted by Gasteiger charge is 2.34. The summed E-state index contributed by atoms with van der Waals surface area (Å²) in [5.41, 5.74) is 1.13. The molecular formula is C21H25N3O5. The molecule has 3 rings (SSSR count). The summed E-state index contributed by atoms with van der Waals surface area (Å²) in [5, 5.41) is 5.69. The molecule has 1 fully saturated rings. The number of hydrogen-bond acceptors (Lipinski definition) is 5. The Kier molecular flexibility index (Phi) is 6.43. The van der Waals surface area contributed by atoms with Gasteiger partial charge in [-0.1, -0.05) is 12.1 Å². The largest absolute Gasteiger partial charge is 0.495 e. The lowest BCUT2D eigenvalue weighted by Crippen LogP contribution is -2.45. The summed E-state index contributed by atoms with van der Waals surface area (Å²) >= 11 is 0. The van der Waals surface area contributed by atoms with Crippen LogP contribution in [0.4, 0.5) is 16.2 Å². The van der Waals surface area contributed by atoms with E-state index < -0.39 is 6.04 Å². The maximum atomic E-state index is 12.8. The van der Waals surface area contributed by atoms with Gasteiger partial charge in [0.05, 0.1) is 27.0 Å². The predicted molar refractivity (Wildman–Crippen MR) is 110 cm³/mol. The van der Waals surface area contributed by atoms with E-state index in [1.807, 2.05) is 12.1 Å². The normalized spacial score (nSPS) is 15.6. The van der Waals surface area contributed by atoms with E-state index in [2.05, 4.69) is 10.6 Å². The molecule has 0 bridgehead atoms. The maximum Gasteiger partial charge on any atom is 0.322 e. The Hall–Kier alpha value is -3.42. The van der Waals surface area contributed by atoms with Gasteiger partial charge in [0, 0.05) is 18.3 Å². The molecular weight excluding hydrogens is 374 g/mol. The first-order chi connectivity index (χ1) is 14.1. The molecule has 2 N–H and O–H groups in total. The number of carbonyl (C=O) groups excluding carboxylic acids is 2. The second-order valence-corrected chi connectivity index (χ2v) is 6.54. The van der Waals surface area contributed by atoms with E-state index in [0.29, 0.717) is 41.6 Å². The average Bonchev–Trinajstić information content (AvgIpc) is 3.24. The van der Waals surface area contributed by atoms with Gasteiger partial charge in [0.2, 0.25) is 5.91 Å². The molecule has 0 aromatic heterocycles. The summed E-state index contributed by atoms with van der Waals surface area (Å²) < 4.78 is 15.7. The average molecular weight is 399 g/mol. The zero-order chi connectivity index (χ0) is 20.8. The molecule has 1 atom stereocenters. The third-order valence-corrected chi connectivity index (χ3v) is 4.82. The minimum atomic E-state index is -0.558. The lowest BCUT2D eigenvalue weighted by atomic mass is 10.2. The highest BCUT2D eigenvalue weighted by atomic mass is 16.5. The zero-order valence-corrected chi connectivity index (χ0v) is 16.7. The molecule has 1 heterocycles. The molecule has 8 nitrogen and oxygen atoms in total. The standard InChI is InChI=1S/C21H25N3O5/c1-27-17-9-5-4-7-15(17)23-21(26)24-12-6-8-16(24)20(25)22-14-10-11-18(28-2)19(13-14)29-3/h4-5,7,9-11,13,16H,6,8,12H2,1-3H3,(H,22,25)(H,23,26). The summed E-state index contributed by atoms with van der Waals surface area (Å²) in [6, 6.07) is 11.4. The van der Waals surface area contributed by atoms with Crippen LogP contribution in [0.5, 0.6) is 17.2 Å². The van der Waals surface area contributed by atoms with Crippen LogP contribution in [0.1, 0.15) is 12.8 Å². The number of nitrogens with zero attached hydrogens (tertiary/aromatic N) is 1. The molecule has 0 spiro atoms. The fourth-order valence-corrected chi connectivity index (χ4v) is 3.36. The van der Waals surface area contributed by atoms with Crippen LogP contribution in [-0.4, -0.2) is 50.8 Å². The van der Waals surface area contributed by atoms with Gasteiger partial charge in [-0.3, -0.25) is 4.79 Å². The van der Waals surface area contributed by atoms with Gasteiger partial charge in [0.1, 0.15) is 11.8 Å². The molecule has 1 aliphatic heterocycles. The van der Waals surface area contributed by atoms with Crippen LogP contribution in [0.2, 0.25) is 0 Å². The summed E-state index contributed by atoms with van der Waals surface area (Å²) in [7, 11) is 4.62. The Labute approximate surface area is 169 Å². The molecule has 1 saturated heterocycles. The SMILES string of the molecule is COc1ccccc1NC(=O)N1CCCC1C(=O)Nc1ccc(OC)c(OC)c1. The monoisotopic (exact) mass is 399 g/mol. The Morgan fingerprint density at radius 1 is 0.931 bits per heavy atom. The van der Waals surface area contributed by atoms with Crippen molar-refractivity contribution in [2.24, 2.45) is 0 Å². The third kappa shape index (κ3) is 4.53. The number of urea groups is 1. The summed E-state index contributed by atoms with van der Waals surface area (Å²) in [6.45, 7) is 0.505. The molecule has 1 unspecified atom stereocenters. The van der Waals surface area contributed by atoms with Gasteiger partial charge in [-0.25, -0.2) is 4.79 Å². The van der Waals surface area contributed by atoms with Crippen LogP contribution in [0.25, 0.3) is 0 Å². The summed E-state index contributed by atoms with van der Waals surface area (Å²) in [6.07, 6.45) is 1.35. The molecule has 8 heteroatoms. The molecule has 154 valence electrons. The summed E-state index contributed by atoms with van der Waals surface area (Å²) in [5.74, 6) is 1.41. The number of hydrogen-bond donors (Lipinski definition) is 2. The van der Waals surface area contributed by atoms with Crippen LogP contribution in [0.3, 0.4) is 0 Å². The topological polar surface area (TPSA) is 89.1 Å². The highest BCUT2D eigenvalue weighted by Crippen LogP contribution is 2.30. The molecule has 0 saturated carbocycles. The summed E-state index contributed by atoms with van der Waals surface area (Å²) in [4.78, 5) is 27.2. The minimum Gasteiger partial charge on any atom is -0.495 e. The van der Waals surface area contributed by atoms with Crippen LogP contribution < -0.4 is 24.8 Å². The van der Waals surface area contributed by atoms with Crippen molar-refractivity contribution >= 4 is 23.3 Å². The van der Waals surface area contributed by atoms with E-state index in [4.69, 9.17) is 14.2 Å². The first kappa shape index (κ1) is 20.3. The highest BCUT2D eigenvalue weighted by molar-refractivity contribution is 6.00. The molecule has 3 amide bonds. The van der Waals surface area contributed by atoms with Crippen molar-refractivity contribution in [1.29, 1.82) is 0 Å². The van der Waals surface area contributed by atoms with Crippen LogP contribution >= 0.6 is 0 Å². The van der Waals surface area contributed by atoms with Gasteiger partial charge in [-0.15, -0.1) is 0 Å². The van der Waals surface area contributed by atoms with Crippen molar-refractivity contribution in [1.82, 2.24) is 4.90 Å². The van der Waals surface area contributed by atoms with E-state index >= 15 is 0 Å². The van der Waals surface area contributed by atoms with Crippen molar-refractivity contribution in [3.63, 3.8) is 0 Å². The zero-order valence-electron chi connectivity index (χ0n) is 16.7. The number of nitrogens with one attached hydrogen (secondary N) is 2. The number of benzene rings is 2. The number of anilines is 2. The molecule has 2 aromatic rings. The number of methoxy groups -OCH3 is 3. The Balaban J connectivity index is 1.69. The van der Waals surface area contributed by atoms with E-state index in [9.17, 15) is 9.59 Å². The molecule has 2 aromatic carbocycles. The number of carbonyl (C=O) groups is 2. The second kappa shape index (κ2) is 9.18. The van der Waals surface area contributed by atoms with Gasteiger partial charge >= 0.3 is 6.03 Å². The molecule has 0 aliphatic carbocycles. The van der Waals surface area contributed by atoms with Crippen molar-refractivity contribution in [2.45, 2.75) is 18.9 Å². The Bertz CT molecular complexity index is 886. The van der Waals surface area contributed by atoms with Crippen molar-refractivity contribution < 1.29 is 23.8 Å². The van der Waals surface area contributed by atoms with Crippen LogP contribution in [0.15, 0.2) is 42.5 Å². The Morgan fingerprint density at radius 2 is 1.66 bits per heavy atom. The fourth-order valence-electron chi connectivity index (χ4n) is 3.36. The number of likely N-dealkylation sites (tertiary alicyclic amines) is 1. The van der Waals surface area contributed by atoms with Gasteiger partial charge in [-0.2, -0.15) is 0 Å². The molecule has 1 aliphatic rings. The maximum absolute atomic E-state index is 12.8. The minimum absolute atomic E-state index is 0.245. The second-order valence-electron chi connectivity index (χ2n) is 6.54. The smallest absolute Gasteiger partial charge is 0.322 e. The lowest BCUT2D eigenvalue weighted by Gasteiger charge is -2.24. The van der Waals surface area contributed by atoms with Gasteiger partial charge in [-0.05, 0) is 37.1 Å². The number of rotatable bonds is 6. The first-order valence-corrected chi connectivity index (χ1v) is 9.31. The Morgan fingerprint density at radius 3 is 2.38 bits per heavy atom. The van der Waals surface area contributed by atoms with Crippen LogP contribution in [-0.2, 0) is 4.79 Å². The van der Waals surface area contributed by atoms with E-state index in [1.165, 1.54) is 7.11 Å². The number of amides is 3. The van der Waals surface area contributed by atoms with Crippen molar-refractivity contribution in [3.05, 3.63) is 42.5 Å². The number of ether oxygens (including phenoxy) is 3. The van der Waals surface area contributed by atoms with Crippen molar-refractivity contribution in [2.75, 3.05) is 38.5 Å². The van der Waals surface area contributed by atoms with E-state index in [1.54, 1.807) is 49.5 Å². The predicted octanol–water partition coefficient (Wildman–Crippen LogP) is 3.35.